The van der Waals surface area contributed by atoms with Gasteiger partial charge in [0.05, 0.1) is 29.3 Å². The number of aromatic nitrogens is 2. The third kappa shape index (κ3) is 4.30. The number of ketones is 1. The molecule has 2 aromatic carbocycles. The van der Waals surface area contributed by atoms with Gasteiger partial charge in [-0.25, -0.2) is 4.98 Å². The molecule has 0 saturated carbocycles. The number of fused-ring (bicyclic) bond motifs is 1. The standard InChI is InChI=1S/C21H19ClN2O5S/c22-13-4-5-15-16(9-13)23-21(24(20(15)28)10-14-2-1-7-29-14)30-11-19(27)12-3-6-17(25)18(26)8-12/h3-6,8-9,14,25-26H,1-2,7,10-11H2/t14-/m0/s1. The summed E-state index contributed by atoms with van der Waals surface area (Å²) in [5.41, 5.74) is 0.521. The van der Waals surface area contributed by atoms with Crippen molar-refractivity contribution in [3.8, 4) is 11.5 Å². The average molecular weight is 447 g/mol. The molecule has 0 bridgehead atoms. The van der Waals surface area contributed by atoms with Gasteiger partial charge in [-0.15, -0.1) is 0 Å². The van der Waals surface area contributed by atoms with E-state index in [1.807, 2.05) is 0 Å². The largest absolute Gasteiger partial charge is 0.504 e. The Hall–Kier alpha value is -2.55. The summed E-state index contributed by atoms with van der Waals surface area (Å²) in [6, 6.07) is 8.83. The Morgan fingerprint density at radius 3 is 2.80 bits per heavy atom. The van der Waals surface area contributed by atoms with Crippen molar-refractivity contribution in [2.24, 2.45) is 0 Å². The Morgan fingerprint density at radius 2 is 2.07 bits per heavy atom. The van der Waals surface area contributed by atoms with Gasteiger partial charge in [0.2, 0.25) is 0 Å². The second-order valence-corrected chi connectivity index (χ2v) is 8.40. The van der Waals surface area contributed by atoms with Gasteiger partial charge in [-0.05, 0) is 49.2 Å². The number of phenolic OH excluding ortho intramolecular Hbond substituents is 2. The number of hydrogen-bond donors (Lipinski definition) is 2. The van der Waals surface area contributed by atoms with E-state index in [2.05, 4.69) is 4.98 Å². The molecule has 0 amide bonds. The molecular weight excluding hydrogens is 428 g/mol. The molecule has 3 aromatic rings. The van der Waals surface area contributed by atoms with Crippen LogP contribution in [0.5, 0.6) is 11.5 Å². The van der Waals surface area contributed by atoms with E-state index in [0.717, 1.165) is 24.6 Å². The van der Waals surface area contributed by atoms with E-state index in [4.69, 9.17) is 16.3 Å². The van der Waals surface area contributed by atoms with Gasteiger partial charge in [0.25, 0.3) is 5.56 Å². The first-order valence-electron chi connectivity index (χ1n) is 9.42. The highest BCUT2D eigenvalue weighted by Gasteiger charge is 2.21. The maximum Gasteiger partial charge on any atom is 0.262 e. The first kappa shape index (κ1) is 20.7. The molecule has 30 heavy (non-hydrogen) atoms. The predicted molar refractivity (Wildman–Crippen MR) is 115 cm³/mol. The molecule has 4 rings (SSSR count). The molecule has 1 aliphatic rings. The molecule has 2 heterocycles. The number of benzene rings is 2. The zero-order valence-corrected chi connectivity index (χ0v) is 17.4. The maximum absolute atomic E-state index is 13.1. The summed E-state index contributed by atoms with van der Waals surface area (Å²) in [6.45, 7) is 1.03. The van der Waals surface area contributed by atoms with E-state index >= 15 is 0 Å². The highest BCUT2D eigenvalue weighted by Crippen LogP contribution is 2.27. The zero-order valence-electron chi connectivity index (χ0n) is 15.9. The molecule has 7 nitrogen and oxygen atoms in total. The van der Waals surface area contributed by atoms with Crippen molar-refractivity contribution < 1.29 is 19.7 Å². The summed E-state index contributed by atoms with van der Waals surface area (Å²) in [5.74, 6) is -0.912. The average Bonchev–Trinajstić information content (AvgIpc) is 3.23. The smallest absolute Gasteiger partial charge is 0.262 e. The van der Waals surface area contributed by atoms with Crippen molar-refractivity contribution >= 4 is 40.0 Å². The van der Waals surface area contributed by atoms with Gasteiger partial charge < -0.3 is 14.9 Å². The highest BCUT2D eigenvalue weighted by molar-refractivity contribution is 7.99. The lowest BCUT2D eigenvalue weighted by atomic mass is 10.1. The van der Waals surface area contributed by atoms with Crippen LogP contribution < -0.4 is 5.56 Å². The van der Waals surface area contributed by atoms with Crippen molar-refractivity contribution in [3.05, 3.63) is 57.3 Å². The molecule has 0 aliphatic carbocycles. The van der Waals surface area contributed by atoms with E-state index in [1.54, 1.807) is 22.8 Å². The van der Waals surface area contributed by atoms with Gasteiger partial charge in [0, 0.05) is 17.2 Å². The third-order valence-corrected chi connectivity index (χ3v) is 6.13. The lowest BCUT2D eigenvalue weighted by Crippen LogP contribution is -2.29. The molecule has 156 valence electrons. The topological polar surface area (TPSA) is 102 Å². The molecule has 0 spiro atoms. The van der Waals surface area contributed by atoms with Crippen LogP contribution in [0.4, 0.5) is 0 Å². The maximum atomic E-state index is 13.1. The van der Waals surface area contributed by atoms with Crippen LogP contribution in [-0.4, -0.2) is 44.0 Å². The van der Waals surface area contributed by atoms with E-state index in [-0.39, 0.29) is 40.3 Å². The van der Waals surface area contributed by atoms with E-state index in [0.29, 0.717) is 34.2 Å². The summed E-state index contributed by atoms with van der Waals surface area (Å²) >= 11 is 7.20. The summed E-state index contributed by atoms with van der Waals surface area (Å²) in [5, 5.41) is 20.4. The van der Waals surface area contributed by atoms with Gasteiger partial charge in [0.1, 0.15) is 0 Å². The molecule has 0 radical (unpaired) electrons. The van der Waals surface area contributed by atoms with Crippen molar-refractivity contribution in [1.29, 1.82) is 0 Å². The fraction of sp³-hybridized carbons (Fsp3) is 0.286. The molecule has 1 saturated heterocycles. The van der Waals surface area contributed by atoms with Crippen LogP contribution in [0.25, 0.3) is 10.9 Å². The van der Waals surface area contributed by atoms with Gasteiger partial charge >= 0.3 is 0 Å². The number of thioether (sulfide) groups is 1. The van der Waals surface area contributed by atoms with Gasteiger partial charge in [-0.3, -0.25) is 14.2 Å². The fourth-order valence-corrected chi connectivity index (χ4v) is 4.42. The summed E-state index contributed by atoms with van der Waals surface area (Å²) in [6.07, 6.45) is 1.74. The molecule has 1 atom stereocenters. The number of nitrogens with zero attached hydrogens (tertiary/aromatic N) is 2. The number of phenols is 2. The van der Waals surface area contributed by atoms with Crippen LogP contribution in [0.1, 0.15) is 23.2 Å². The van der Waals surface area contributed by atoms with Crippen LogP contribution in [0.15, 0.2) is 46.3 Å². The number of carbonyl (C=O) groups excluding carboxylic acids is 1. The molecule has 9 heteroatoms. The minimum absolute atomic E-state index is 0.00819. The second kappa shape index (κ2) is 8.67. The lowest BCUT2D eigenvalue weighted by molar-refractivity contribution is 0.0937. The first-order valence-corrected chi connectivity index (χ1v) is 10.8. The molecule has 1 aliphatic heterocycles. The van der Waals surface area contributed by atoms with Crippen LogP contribution in [0, 0.1) is 0 Å². The summed E-state index contributed by atoms with van der Waals surface area (Å²) < 4.78 is 7.24. The number of halogens is 1. The Morgan fingerprint density at radius 1 is 1.23 bits per heavy atom. The molecule has 2 N–H and O–H groups in total. The molecule has 0 unspecified atom stereocenters. The van der Waals surface area contributed by atoms with E-state index in [9.17, 15) is 19.8 Å². The van der Waals surface area contributed by atoms with Crippen LogP contribution in [-0.2, 0) is 11.3 Å². The first-order chi connectivity index (χ1) is 14.4. The normalized spacial score (nSPS) is 16.2. The van der Waals surface area contributed by atoms with Crippen molar-refractivity contribution in [2.75, 3.05) is 12.4 Å². The number of hydrogen-bond acceptors (Lipinski definition) is 7. The number of carbonyl (C=O) groups is 1. The minimum Gasteiger partial charge on any atom is -0.504 e. The highest BCUT2D eigenvalue weighted by atomic mass is 35.5. The van der Waals surface area contributed by atoms with Gasteiger partial charge in [-0.2, -0.15) is 0 Å². The summed E-state index contributed by atoms with van der Waals surface area (Å²) in [7, 11) is 0. The van der Waals surface area contributed by atoms with Crippen LogP contribution in [0.2, 0.25) is 5.02 Å². The summed E-state index contributed by atoms with van der Waals surface area (Å²) in [4.78, 5) is 30.3. The Bertz CT molecular complexity index is 1170. The van der Waals surface area contributed by atoms with Crippen molar-refractivity contribution in [3.63, 3.8) is 0 Å². The number of aromatic hydroxyl groups is 2. The second-order valence-electron chi connectivity index (χ2n) is 7.02. The quantitative estimate of drug-likeness (QED) is 0.258. The van der Waals surface area contributed by atoms with E-state index < -0.39 is 0 Å². The third-order valence-electron chi connectivity index (χ3n) is 4.92. The Labute approximate surface area is 181 Å². The molecule has 1 fully saturated rings. The molecule has 1 aromatic heterocycles. The van der Waals surface area contributed by atoms with Crippen molar-refractivity contribution in [1.82, 2.24) is 9.55 Å². The zero-order chi connectivity index (χ0) is 21.3. The fourth-order valence-electron chi connectivity index (χ4n) is 3.35. The van der Waals surface area contributed by atoms with E-state index in [1.165, 1.54) is 18.2 Å². The van der Waals surface area contributed by atoms with Crippen LogP contribution in [0.3, 0.4) is 0 Å². The SMILES string of the molecule is O=C(CSc1nc2cc(Cl)ccc2c(=O)n1C[C@@H]1CCCO1)c1ccc(O)c(O)c1. The monoisotopic (exact) mass is 446 g/mol. The number of rotatable bonds is 6. The van der Waals surface area contributed by atoms with Gasteiger partial charge in [0.15, 0.2) is 22.4 Å². The molecular formula is C21H19ClN2O5S. The number of ether oxygens (including phenoxy) is 1. The predicted octanol–water partition coefficient (Wildman–Crippen LogP) is 3.62. The van der Waals surface area contributed by atoms with Crippen LogP contribution >= 0.6 is 23.4 Å². The van der Waals surface area contributed by atoms with Crippen molar-refractivity contribution in [2.45, 2.75) is 30.6 Å². The number of Topliss-reactive ketones (excluding diaryl/α,β-unsaturated/α-hetero) is 1. The Kier molecular flexibility index (Phi) is 5.99. The minimum atomic E-state index is -0.361. The lowest BCUT2D eigenvalue weighted by Gasteiger charge is -2.16. The van der Waals surface area contributed by atoms with Gasteiger partial charge in [-0.1, -0.05) is 23.4 Å². The Balaban J connectivity index is 1.65.